The molecular formula is C14H19BrO. The fourth-order valence-electron chi connectivity index (χ4n) is 2.47. The molecule has 0 amide bonds. The Hall–Kier alpha value is -0.500. The third-order valence-electron chi connectivity index (χ3n) is 3.55. The summed E-state index contributed by atoms with van der Waals surface area (Å²) in [5, 5.41) is 0. The fraction of sp³-hybridized carbons (Fsp3) is 0.571. The summed E-state index contributed by atoms with van der Waals surface area (Å²) in [5.74, 6) is 2.70. The van der Waals surface area contributed by atoms with Gasteiger partial charge in [-0.1, -0.05) is 35.0 Å². The molecule has 2 heteroatoms. The number of benzene rings is 1. The molecular weight excluding hydrogens is 264 g/mol. The second-order valence-corrected chi connectivity index (χ2v) is 5.95. The number of halogens is 1. The molecule has 1 aromatic rings. The molecule has 0 bridgehead atoms. The van der Waals surface area contributed by atoms with E-state index in [1.54, 1.807) is 7.11 Å². The first-order chi connectivity index (χ1) is 7.54. The van der Waals surface area contributed by atoms with Gasteiger partial charge < -0.3 is 4.74 Å². The molecule has 1 aliphatic rings. The largest absolute Gasteiger partial charge is 0.496 e. The molecule has 0 heterocycles. The summed E-state index contributed by atoms with van der Waals surface area (Å²) in [6, 6.07) is 4.49. The number of alkyl halides is 1. The van der Waals surface area contributed by atoms with Crippen molar-refractivity contribution in [3.8, 4) is 5.75 Å². The van der Waals surface area contributed by atoms with Crippen LogP contribution in [-0.2, 0) is 0 Å². The molecule has 0 aliphatic heterocycles. The van der Waals surface area contributed by atoms with Crippen LogP contribution < -0.4 is 4.74 Å². The van der Waals surface area contributed by atoms with Crippen molar-refractivity contribution >= 4 is 15.9 Å². The molecule has 1 aromatic carbocycles. The highest BCUT2D eigenvalue weighted by atomic mass is 79.9. The van der Waals surface area contributed by atoms with Crippen LogP contribution in [0.2, 0.25) is 0 Å². The molecule has 1 nitrogen and oxygen atoms in total. The predicted octanol–water partition coefficient (Wildman–Crippen LogP) is 4.40. The van der Waals surface area contributed by atoms with Gasteiger partial charge in [-0.2, -0.15) is 0 Å². The Morgan fingerprint density at radius 3 is 2.19 bits per heavy atom. The summed E-state index contributed by atoms with van der Waals surface area (Å²) >= 11 is 3.83. The lowest BCUT2D eigenvalue weighted by Gasteiger charge is -2.15. The third-order valence-corrected chi connectivity index (χ3v) is 4.76. The van der Waals surface area contributed by atoms with Crippen molar-refractivity contribution in [2.75, 3.05) is 7.11 Å². The molecule has 16 heavy (non-hydrogen) atoms. The molecule has 1 aliphatic carbocycles. The van der Waals surface area contributed by atoms with Gasteiger partial charge in [-0.3, -0.25) is 0 Å². The molecule has 1 fully saturated rings. The van der Waals surface area contributed by atoms with Crippen LogP contribution in [0.5, 0.6) is 5.75 Å². The van der Waals surface area contributed by atoms with Crippen LogP contribution in [0.15, 0.2) is 12.1 Å². The van der Waals surface area contributed by atoms with Crippen molar-refractivity contribution in [3.05, 3.63) is 28.8 Å². The number of hydrogen-bond donors (Lipinski definition) is 0. The van der Waals surface area contributed by atoms with E-state index in [2.05, 4.69) is 48.8 Å². The number of ether oxygens (including phenoxy) is 1. The highest BCUT2D eigenvalue weighted by Gasteiger charge is 2.39. The molecule has 0 N–H and O–H groups in total. The van der Waals surface area contributed by atoms with Gasteiger partial charge in [0.2, 0.25) is 0 Å². The SMILES string of the molecule is COc1c(C)cc(C(Br)C2CC2C)cc1C. The molecule has 0 saturated heterocycles. The summed E-state index contributed by atoms with van der Waals surface area (Å²) in [4.78, 5) is 0.505. The van der Waals surface area contributed by atoms with Gasteiger partial charge in [0.15, 0.2) is 0 Å². The lowest BCUT2D eigenvalue weighted by atomic mass is 10.0. The van der Waals surface area contributed by atoms with E-state index in [-0.39, 0.29) is 0 Å². The second kappa shape index (κ2) is 4.40. The van der Waals surface area contributed by atoms with E-state index in [0.717, 1.165) is 17.6 Å². The lowest BCUT2D eigenvalue weighted by Crippen LogP contribution is -1.98. The minimum atomic E-state index is 0.505. The number of methoxy groups -OCH3 is 1. The Kier molecular flexibility index (Phi) is 3.29. The minimum Gasteiger partial charge on any atom is -0.496 e. The topological polar surface area (TPSA) is 9.23 Å². The van der Waals surface area contributed by atoms with Crippen LogP contribution in [0.1, 0.15) is 34.9 Å². The Morgan fingerprint density at radius 2 is 1.81 bits per heavy atom. The Bertz CT molecular complexity index is 377. The maximum absolute atomic E-state index is 5.39. The van der Waals surface area contributed by atoms with Gasteiger partial charge in [-0.25, -0.2) is 0 Å². The van der Waals surface area contributed by atoms with Gasteiger partial charge in [-0.05, 0) is 48.8 Å². The Balaban J connectivity index is 2.29. The minimum absolute atomic E-state index is 0.505. The van der Waals surface area contributed by atoms with Gasteiger partial charge in [0.25, 0.3) is 0 Å². The first kappa shape index (κ1) is 12.0. The summed E-state index contributed by atoms with van der Waals surface area (Å²) in [6.07, 6.45) is 1.35. The highest BCUT2D eigenvalue weighted by Crippen LogP contribution is 2.51. The van der Waals surface area contributed by atoms with Crippen LogP contribution in [0.25, 0.3) is 0 Å². The van der Waals surface area contributed by atoms with Crippen LogP contribution >= 0.6 is 15.9 Å². The Morgan fingerprint density at radius 1 is 1.31 bits per heavy atom. The first-order valence-corrected chi connectivity index (χ1v) is 6.75. The Labute approximate surface area is 106 Å². The molecule has 3 atom stereocenters. The van der Waals surface area contributed by atoms with Gasteiger partial charge >= 0.3 is 0 Å². The predicted molar refractivity (Wildman–Crippen MR) is 71.4 cm³/mol. The molecule has 0 radical (unpaired) electrons. The summed E-state index contributed by atoms with van der Waals surface area (Å²) < 4.78 is 5.39. The van der Waals surface area contributed by atoms with E-state index in [0.29, 0.717) is 4.83 Å². The van der Waals surface area contributed by atoms with E-state index < -0.39 is 0 Å². The average molecular weight is 283 g/mol. The standard InChI is InChI=1S/C14H19BrO/c1-8-7-12(8)13(15)11-5-9(2)14(16-4)10(3)6-11/h5-6,8,12-13H,7H2,1-4H3. The number of rotatable bonds is 3. The average Bonchev–Trinajstić information content (AvgIpc) is 2.94. The zero-order valence-electron chi connectivity index (χ0n) is 10.4. The van der Waals surface area contributed by atoms with Gasteiger partial charge in [0.1, 0.15) is 5.75 Å². The molecule has 3 unspecified atom stereocenters. The van der Waals surface area contributed by atoms with Crippen LogP contribution in [0.3, 0.4) is 0 Å². The fourth-order valence-corrected chi connectivity index (χ4v) is 3.47. The van der Waals surface area contributed by atoms with Crippen LogP contribution in [0, 0.1) is 25.7 Å². The van der Waals surface area contributed by atoms with E-state index in [1.807, 2.05) is 0 Å². The quantitative estimate of drug-likeness (QED) is 0.747. The second-order valence-electron chi connectivity index (χ2n) is 4.97. The molecule has 88 valence electrons. The third kappa shape index (κ3) is 2.13. The van der Waals surface area contributed by atoms with Crippen LogP contribution in [0.4, 0.5) is 0 Å². The molecule has 1 saturated carbocycles. The van der Waals surface area contributed by atoms with E-state index in [9.17, 15) is 0 Å². The van der Waals surface area contributed by atoms with Crippen molar-refractivity contribution in [3.63, 3.8) is 0 Å². The monoisotopic (exact) mass is 282 g/mol. The van der Waals surface area contributed by atoms with Crippen LogP contribution in [-0.4, -0.2) is 7.11 Å². The van der Waals surface area contributed by atoms with Crippen molar-refractivity contribution in [1.82, 2.24) is 0 Å². The smallest absolute Gasteiger partial charge is 0.124 e. The number of hydrogen-bond acceptors (Lipinski definition) is 1. The molecule has 2 rings (SSSR count). The van der Waals surface area contributed by atoms with Crippen molar-refractivity contribution < 1.29 is 4.74 Å². The number of aryl methyl sites for hydroxylation is 2. The van der Waals surface area contributed by atoms with Crippen molar-refractivity contribution in [1.29, 1.82) is 0 Å². The summed E-state index contributed by atoms with van der Waals surface area (Å²) in [7, 11) is 1.74. The maximum atomic E-state index is 5.39. The normalized spacial score (nSPS) is 25.3. The van der Waals surface area contributed by atoms with Gasteiger partial charge in [0, 0.05) is 4.83 Å². The van der Waals surface area contributed by atoms with E-state index in [1.165, 1.54) is 23.1 Å². The maximum Gasteiger partial charge on any atom is 0.124 e. The summed E-state index contributed by atoms with van der Waals surface area (Å²) in [5.41, 5.74) is 3.86. The van der Waals surface area contributed by atoms with E-state index >= 15 is 0 Å². The first-order valence-electron chi connectivity index (χ1n) is 5.83. The van der Waals surface area contributed by atoms with Crippen molar-refractivity contribution in [2.24, 2.45) is 11.8 Å². The summed E-state index contributed by atoms with van der Waals surface area (Å²) in [6.45, 7) is 6.55. The zero-order chi connectivity index (χ0) is 11.9. The zero-order valence-corrected chi connectivity index (χ0v) is 12.0. The lowest BCUT2D eigenvalue weighted by molar-refractivity contribution is 0.408. The van der Waals surface area contributed by atoms with Gasteiger partial charge in [0.05, 0.1) is 7.11 Å². The van der Waals surface area contributed by atoms with Crippen molar-refractivity contribution in [2.45, 2.75) is 32.0 Å². The highest BCUT2D eigenvalue weighted by molar-refractivity contribution is 9.09. The molecule has 0 spiro atoms. The van der Waals surface area contributed by atoms with E-state index in [4.69, 9.17) is 4.74 Å². The molecule has 0 aromatic heterocycles. The van der Waals surface area contributed by atoms with Gasteiger partial charge in [-0.15, -0.1) is 0 Å².